The van der Waals surface area contributed by atoms with Crippen LogP contribution in [0.1, 0.15) is 19.8 Å². The van der Waals surface area contributed by atoms with Crippen LogP contribution < -0.4 is 10.6 Å². The van der Waals surface area contributed by atoms with Crippen molar-refractivity contribution >= 4 is 5.91 Å². The molecular weight excluding hydrogens is 156 g/mol. The summed E-state index contributed by atoms with van der Waals surface area (Å²) in [5, 5.41) is 14.1. The first-order valence-corrected chi connectivity index (χ1v) is 4.39. The van der Waals surface area contributed by atoms with Crippen molar-refractivity contribution < 1.29 is 9.90 Å². The number of unbranched alkanes of at least 4 members (excludes halogenated alkanes) is 1. The Morgan fingerprint density at radius 1 is 1.42 bits per heavy atom. The maximum Gasteiger partial charge on any atom is 0.233 e. The Balaban J connectivity index is 3.08. The molecule has 0 fully saturated rings. The van der Waals surface area contributed by atoms with Crippen LogP contribution in [0.4, 0.5) is 0 Å². The Hall–Kier alpha value is -0.610. The van der Waals surface area contributed by atoms with E-state index >= 15 is 0 Å². The van der Waals surface area contributed by atoms with Crippen molar-refractivity contribution in [2.45, 2.75) is 19.8 Å². The van der Waals surface area contributed by atoms with Crippen LogP contribution in [0.2, 0.25) is 0 Å². The zero-order valence-electron chi connectivity index (χ0n) is 7.60. The molecule has 0 aromatic carbocycles. The highest BCUT2D eigenvalue weighted by molar-refractivity contribution is 5.77. The molecule has 0 saturated heterocycles. The van der Waals surface area contributed by atoms with Gasteiger partial charge in [0.1, 0.15) is 0 Å². The highest BCUT2D eigenvalue weighted by Gasteiger charge is 1.96. The molecule has 0 atom stereocenters. The van der Waals surface area contributed by atoms with Gasteiger partial charge in [-0.15, -0.1) is 0 Å². The lowest BCUT2D eigenvalue weighted by atomic mass is 10.3. The molecule has 0 aliphatic carbocycles. The van der Waals surface area contributed by atoms with Gasteiger partial charge in [-0.2, -0.15) is 0 Å². The van der Waals surface area contributed by atoms with Crippen molar-refractivity contribution in [1.82, 2.24) is 10.6 Å². The Bertz CT molecular complexity index is 118. The fourth-order valence-electron chi connectivity index (χ4n) is 0.766. The Kier molecular flexibility index (Phi) is 8.05. The van der Waals surface area contributed by atoms with Gasteiger partial charge in [0.2, 0.25) is 5.91 Å². The van der Waals surface area contributed by atoms with E-state index in [4.69, 9.17) is 5.11 Å². The number of carbonyl (C=O) groups excluding carboxylic acids is 1. The fourth-order valence-corrected chi connectivity index (χ4v) is 0.766. The van der Waals surface area contributed by atoms with Gasteiger partial charge < -0.3 is 15.7 Å². The number of aliphatic hydroxyl groups excluding tert-OH is 1. The number of rotatable bonds is 7. The Labute approximate surface area is 73.3 Å². The lowest BCUT2D eigenvalue weighted by Gasteiger charge is -2.03. The van der Waals surface area contributed by atoms with Gasteiger partial charge >= 0.3 is 0 Å². The largest absolute Gasteiger partial charge is 0.396 e. The van der Waals surface area contributed by atoms with Crippen LogP contribution in [0.5, 0.6) is 0 Å². The standard InChI is InChI=1S/C8H18N2O2/c1-2-9-7-8(12)10-5-3-4-6-11/h9,11H,2-7H2,1H3,(H,10,12). The van der Waals surface area contributed by atoms with E-state index in [1.165, 1.54) is 0 Å². The molecule has 0 aromatic rings. The first-order chi connectivity index (χ1) is 5.81. The summed E-state index contributed by atoms with van der Waals surface area (Å²) in [7, 11) is 0. The van der Waals surface area contributed by atoms with Crippen molar-refractivity contribution in [2.75, 3.05) is 26.2 Å². The summed E-state index contributed by atoms with van der Waals surface area (Å²) >= 11 is 0. The SMILES string of the molecule is CCNCC(=O)NCCCCO. The quantitative estimate of drug-likeness (QED) is 0.455. The van der Waals surface area contributed by atoms with Crippen LogP contribution in [0.25, 0.3) is 0 Å². The Morgan fingerprint density at radius 2 is 2.17 bits per heavy atom. The molecule has 0 bridgehead atoms. The molecule has 12 heavy (non-hydrogen) atoms. The van der Waals surface area contributed by atoms with E-state index in [0.29, 0.717) is 13.1 Å². The van der Waals surface area contributed by atoms with Gasteiger partial charge in [-0.25, -0.2) is 0 Å². The summed E-state index contributed by atoms with van der Waals surface area (Å²) in [6.45, 7) is 4.01. The normalized spacial score (nSPS) is 9.83. The maximum atomic E-state index is 10.9. The molecule has 0 unspecified atom stereocenters. The third-order valence-electron chi connectivity index (χ3n) is 1.44. The van der Waals surface area contributed by atoms with Crippen molar-refractivity contribution in [3.63, 3.8) is 0 Å². The topological polar surface area (TPSA) is 61.4 Å². The van der Waals surface area contributed by atoms with Gasteiger partial charge in [0.05, 0.1) is 6.54 Å². The van der Waals surface area contributed by atoms with Gasteiger partial charge in [0, 0.05) is 13.2 Å². The molecule has 3 N–H and O–H groups in total. The van der Waals surface area contributed by atoms with Gasteiger partial charge in [-0.1, -0.05) is 6.92 Å². The molecule has 1 amide bonds. The molecule has 72 valence electrons. The van der Waals surface area contributed by atoms with Crippen LogP contribution >= 0.6 is 0 Å². The first kappa shape index (κ1) is 11.4. The van der Waals surface area contributed by atoms with Crippen molar-refractivity contribution in [3.05, 3.63) is 0 Å². The molecule has 0 aliphatic heterocycles. The third-order valence-corrected chi connectivity index (χ3v) is 1.44. The summed E-state index contributed by atoms with van der Waals surface area (Å²) in [5.74, 6) is 0.0230. The molecule has 0 heterocycles. The minimum absolute atomic E-state index is 0.0230. The fraction of sp³-hybridized carbons (Fsp3) is 0.875. The zero-order valence-corrected chi connectivity index (χ0v) is 7.60. The zero-order chi connectivity index (χ0) is 9.23. The molecule has 0 saturated carbocycles. The van der Waals surface area contributed by atoms with E-state index in [1.807, 2.05) is 6.92 Å². The highest BCUT2D eigenvalue weighted by Crippen LogP contribution is 1.82. The van der Waals surface area contributed by atoms with E-state index in [-0.39, 0.29) is 12.5 Å². The molecule has 0 aliphatic rings. The predicted octanol–water partition coefficient (Wildman–Crippen LogP) is -0.515. The summed E-state index contributed by atoms with van der Waals surface area (Å²) < 4.78 is 0. The molecule has 0 rings (SSSR count). The van der Waals surface area contributed by atoms with Crippen LogP contribution in [0.3, 0.4) is 0 Å². The van der Waals surface area contributed by atoms with Crippen molar-refractivity contribution in [2.24, 2.45) is 0 Å². The van der Waals surface area contributed by atoms with Crippen LogP contribution in [-0.4, -0.2) is 37.3 Å². The monoisotopic (exact) mass is 174 g/mol. The van der Waals surface area contributed by atoms with E-state index in [1.54, 1.807) is 0 Å². The molecule has 0 radical (unpaired) electrons. The van der Waals surface area contributed by atoms with Crippen LogP contribution in [-0.2, 0) is 4.79 Å². The maximum absolute atomic E-state index is 10.9. The highest BCUT2D eigenvalue weighted by atomic mass is 16.2. The second-order valence-corrected chi connectivity index (χ2v) is 2.56. The van der Waals surface area contributed by atoms with Crippen molar-refractivity contribution in [3.8, 4) is 0 Å². The second-order valence-electron chi connectivity index (χ2n) is 2.56. The second kappa shape index (κ2) is 8.49. The lowest BCUT2D eigenvalue weighted by molar-refractivity contribution is -0.120. The third kappa shape index (κ3) is 7.50. The first-order valence-electron chi connectivity index (χ1n) is 4.39. The van der Waals surface area contributed by atoms with Crippen molar-refractivity contribution in [1.29, 1.82) is 0 Å². The molecule has 4 heteroatoms. The van der Waals surface area contributed by atoms with E-state index < -0.39 is 0 Å². The van der Waals surface area contributed by atoms with Gasteiger partial charge in [0.15, 0.2) is 0 Å². The summed E-state index contributed by atoms with van der Waals surface area (Å²) in [5.41, 5.74) is 0. The lowest BCUT2D eigenvalue weighted by Crippen LogP contribution is -2.34. The molecular formula is C8H18N2O2. The number of hydrogen-bond donors (Lipinski definition) is 3. The van der Waals surface area contributed by atoms with Gasteiger partial charge in [-0.3, -0.25) is 4.79 Å². The predicted molar refractivity (Wildman–Crippen MR) is 47.9 cm³/mol. The number of likely N-dealkylation sites (N-methyl/N-ethyl adjacent to an activating group) is 1. The summed E-state index contributed by atoms with van der Waals surface area (Å²) in [6, 6.07) is 0. The molecule has 0 aromatic heterocycles. The van der Waals surface area contributed by atoms with E-state index in [9.17, 15) is 4.79 Å². The number of carbonyl (C=O) groups is 1. The summed E-state index contributed by atoms with van der Waals surface area (Å²) in [4.78, 5) is 10.9. The number of amides is 1. The van der Waals surface area contributed by atoms with Gasteiger partial charge in [-0.05, 0) is 19.4 Å². The Morgan fingerprint density at radius 3 is 2.75 bits per heavy atom. The smallest absolute Gasteiger partial charge is 0.233 e. The van der Waals surface area contributed by atoms with E-state index in [0.717, 1.165) is 19.4 Å². The average molecular weight is 174 g/mol. The van der Waals surface area contributed by atoms with E-state index in [2.05, 4.69) is 10.6 Å². The average Bonchev–Trinajstić information content (AvgIpc) is 2.09. The van der Waals surface area contributed by atoms with Crippen LogP contribution in [0, 0.1) is 0 Å². The van der Waals surface area contributed by atoms with Crippen LogP contribution in [0.15, 0.2) is 0 Å². The van der Waals surface area contributed by atoms with Gasteiger partial charge in [0.25, 0.3) is 0 Å². The number of hydrogen-bond acceptors (Lipinski definition) is 3. The summed E-state index contributed by atoms with van der Waals surface area (Å²) in [6.07, 6.45) is 1.59. The number of aliphatic hydroxyl groups is 1. The number of nitrogens with one attached hydrogen (secondary N) is 2. The molecule has 4 nitrogen and oxygen atoms in total. The molecule has 0 spiro atoms. The minimum Gasteiger partial charge on any atom is -0.396 e. The minimum atomic E-state index is 0.0230.